The highest BCUT2D eigenvalue weighted by atomic mass is 35.5. The minimum absolute atomic E-state index is 0.106. The Morgan fingerprint density at radius 2 is 1.67 bits per heavy atom. The van der Waals surface area contributed by atoms with Crippen molar-refractivity contribution in [1.29, 1.82) is 0 Å². The molecule has 3 aromatic carbocycles. The molecule has 0 aliphatic carbocycles. The van der Waals surface area contributed by atoms with Crippen LogP contribution in [0.3, 0.4) is 0 Å². The van der Waals surface area contributed by atoms with Crippen LogP contribution in [0.5, 0.6) is 5.75 Å². The van der Waals surface area contributed by atoms with Crippen LogP contribution in [0.2, 0.25) is 5.02 Å². The van der Waals surface area contributed by atoms with Gasteiger partial charge >= 0.3 is 0 Å². The maximum absolute atomic E-state index is 12.4. The van der Waals surface area contributed by atoms with Gasteiger partial charge in [-0.2, -0.15) is 0 Å². The number of benzene rings is 3. The molecule has 1 aromatic heterocycles. The molecular formula is C26H22ClN3O3. The number of ether oxygens (including phenoxy) is 1. The quantitative estimate of drug-likeness (QED) is 0.422. The molecule has 4 aromatic rings. The molecule has 0 aliphatic heterocycles. The van der Waals surface area contributed by atoms with Crippen molar-refractivity contribution >= 4 is 17.5 Å². The first-order chi connectivity index (χ1) is 16.1. The van der Waals surface area contributed by atoms with E-state index in [1.807, 2.05) is 54.6 Å². The van der Waals surface area contributed by atoms with Crippen molar-refractivity contribution in [3.8, 4) is 17.0 Å². The van der Waals surface area contributed by atoms with E-state index in [1.54, 1.807) is 24.3 Å². The van der Waals surface area contributed by atoms with Crippen molar-refractivity contribution in [2.75, 3.05) is 0 Å². The summed E-state index contributed by atoms with van der Waals surface area (Å²) in [6, 6.07) is 25.9. The largest absolute Gasteiger partial charge is 0.489 e. The monoisotopic (exact) mass is 459 g/mol. The Kier molecular flexibility index (Phi) is 7.17. The first-order valence-electron chi connectivity index (χ1n) is 10.4. The topological polar surface area (TPSA) is 73.2 Å². The van der Waals surface area contributed by atoms with E-state index in [2.05, 4.69) is 10.3 Å². The molecule has 7 heteroatoms. The third-order valence-corrected chi connectivity index (χ3v) is 5.25. The van der Waals surface area contributed by atoms with E-state index in [9.17, 15) is 9.59 Å². The fourth-order valence-electron chi connectivity index (χ4n) is 3.18. The average molecular weight is 460 g/mol. The number of halogens is 1. The molecule has 1 N–H and O–H groups in total. The van der Waals surface area contributed by atoms with Gasteiger partial charge in [0.15, 0.2) is 0 Å². The molecule has 4 rings (SSSR count). The molecule has 0 atom stereocenters. The van der Waals surface area contributed by atoms with Crippen LogP contribution in [0.25, 0.3) is 11.3 Å². The second kappa shape index (κ2) is 10.6. The third-order valence-electron chi connectivity index (χ3n) is 4.99. The van der Waals surface area contributed by atoms with Gasteiger partial charge < -0.3 is 10.1 Å². The summed E-state index contributed by atoms with van der Waals surface area (Å²) >= 11 is 5.89. The zero-order valence-electron chi connectivity index (χ0n) is 17.8. The minimum Gasteiger partial charge on any atom is -0.489 e. The highest BCUT2D eigenvalue weighted by Gasteiger charge is 2.08. The van der Waals surface area contributed by atoms with E-state index in [-0.39, 0.29) is 18.0 Å². The van der Waals surface area contributed by atoms with Gasteiger partial charge in [-0.25, -0.2) is 4.98 Å². The molecule has 0 spiro atoms. The number of amides is 1. The number of nitrogens with zero attached hydrogens (tertiary/aromatic N) is 2. The summed E-state index contributed by atoms with van der Waals surface area (Å²) in [6.07, 6.45) is 1.38. The fourth-order valence-corrected chi connectivity index (χ4v) is 3.30. The predicted molar refractivity (Wildman–Crippen MR) is 128 cm³/mol. The fraction of sp³-hybridized carbons (Fsp3) is 0.115. The van der Waals surface area contributed by atoms with E-state index in [1.165, 1.54) is 17.0 Å². The van der Waals surface area contributed by atoms with Crippen LogP contribution in [0.1, 0.15) is 11.1 Å². The van der Waals surface area contributed by atoms with Crippen LogP contribution < -0.4 is 15.6 Å². The summed E-state index contributed by atoms with van der Waals surface area (Å²) in [4.78, 5) is 29.0. The number of rotatable bonds is 8. The van der Waals surface area contributed by atoms with Crippen molar-refractivity contribution in [3.05, 3.63) is 118 Å². The summed E-state index contributed by atoms with van der Waals surface area (Å²) in [5, 5.41) is 3.43. The normalized spacial score (nSPS) is 10.6. The molecule has 166 valence electrons. The van der Waals surface area contributed by atoms with E-state index in [0.29, 0.717) is 23.9 Å². The lowest BCUT2D eigenvalue weighted by Gasteiger charge is -2.09. The van der Waals surface area contributed by atoms with Gasteiger partial charge in [-0.1, -0.05) is 66.2 Å². The summed E-state index contributed by atoms with van der Waals surface area (Å²) in [5.74, 6) is 0.481. The first-order valence-corrected chi connectivity index (χ1v) is 10.8. The Morgan fingerprint density at radius 3 is 2.36 bits per heavy atom. The molecule has 0 unspecified atom stereocenters. The lowest BCUT2D eigenvalue weighted by atomic mass is 10.1. The Labute approximate surface area is 196 Å². The van der Waals surface area contributed by atoms with Crippen molar-refractivity contribution in [2.24, 2.45) is 0 Å². The molecule has 0 saturated carbocycles. The van der Waals surface area contributed by atoms with Crippen LogP contribution in [-0.4, -0.2) is 15.5 Å². The molecule has 6 nitrogen and oxygen atoms in total. The van der Waals surface area contributed by atoms with Gasteiger partial charge in [-0.3, -0.25) is 14.2 Å². The van der Waals surface area contributed by atoms with Gasteiger partial charge in [0.25, 0.3) is 5.56 Å². The van der Waals surface area contributed by atoms with E-state index < -0.39 is 0 Å². The first kappa shape index (κ1) is 22.3. The van der Waals surface area contributed by atoms with Crippen molar-refractivity contribution in [3.63, 3.8) is 0 Å². The molecule has 0 fully saturated rings. The van der Waals surface area contributed by atoms with E-state index >= 15 is 0 Å². The standard InChI is InChI=1S/C26H22ClN3O3/c27-22-10-8-21(9-11-22)24-14-26(32)30(18-29-24)16-25(31)28-15-19-6-12-23(13-7-19)33-17-20-4-2-1-3-5-20/h1-14,18H,15-17H2,(H,28,31). The van der Waals surface area contributed by atoms with Crippen LogP contribution in [0.4, 0.5) is 0 Å². The predicted octanol–water partition coefficient (Wildman–Crippen LogP) is 4.46. The molecule has 0 bridgehead atoms. The second-order valence-electron chi connectivity index (χ2n) is 7.44. The van der Waals surface area contributed by atoms with Gasteiger partial charge in [-0.15, -0.1) is 0 Å². The smallest absolute Gasteiger partial charge is 0.254 e. The summed E-state index contributed by atoms with van der Waals surface area (Å²) < 4.78 is 7.05. The number of carbonyl (C=O) groups is 1. The molecular weight excluding hydrogens is 438 g/mol. The summed E-state index contributed by atoms with van der Waals surface area (Å²) in [5.41, 5.74) is 3.04. The highest BCUT2D eigenvalue weighted by Crippen LogP contribution is 2.18. The maximum Gasteiger partial charge on any atom is 0.254 e. The zero-order valence-corrected chi connectivity index (χ0v) is 18.5. The van der Waals surface area contributed by atoms with Gasteiger partial charge in [0.2, 0.25) is 5.91 Å². The number of aromatic nitrogens is 2. The highest BCUT2D eigenvalue weighted by molar-refractivity contribution is 6.30. The molecule has 0 radical (unpaired) electrons. The van der Waals surface area contributed by atoms with E-state index in [0.717, 1.165) is 22.4 Å². The van der Waals surface area contributed by atoms with Gasteiger partial charge in [0.05, 0.1) is 12.0 Å². The van der Waals surface area contributed by atoms with E-state index in [4.69, 9.17) is 16.3 Å². The van der Waals surface area contributed by atoms with Gasteiger partial charge in [0.1, 0.15) is 18.9 Å². The van der Waals surface area contributed by atoms with Gasteiger partial charge in [0, 0.05) is 23.2 Å². The lowest BCUT2D eigenvalue weighted by Crippen LogP contribution is -2.31. The average Bonchev–Trinajstić information content (AvgIpc) is 2.84. The zero-order chi connectivity index (χ0) is 23.0. The number of hydrogen-bond donors (Lipinski definition) is 1. The Balaban J connectivity index is 1.28. The van der Waals surface area contributed by atoms with Gasteiger partial charge in [-0.05, 0) is 35.4 Å². The summed E-state index contributed by atoms with van der Waals surface area (Å²) in [7, 11) is 0. The SMILES string of the molecule is O=C(Cn1cnc(-c2ccc(Cl)cc2)cc1=O)NCc1ccc(OCc2ccccc2)cc1. The maximum atomic E-state index is 12.4. The molecule has 1 heterocycles. The van der Waals surface area contributed by atoms with Crippen molar-refractivity contribution in [2.45, 2.75) is 19.7 Å². The Hall–Kier alpha value is -3.90. The third kappa shape index (κ3) is 6.30. The number of nitrogens with one attached hydrogen (secondary N) is 1. The number of hydrogen-bond acceptors (Lipinski definition) is 4. The Morgan fingerprint density at radius 1 is 0.939 bits per heavy atom. The Bertz CT molecular complexity index is 1270. The minimum atomic E-state index is -0.301. The summed E-state index contributed by atoms with van der Waals surface area (Å²) in [6.45, 7) is 0.740. The molecule has 33 heavy (non-hydrogen) atoms. The lowest BCUT2D eigenvalue weighted by molar-refractivity contribution is -0.121. The van der Waals surface area contributed by atoms with Crippen LogP contribution in [0, 0.1) is 0 Å². The molecule has 1 amide bonds. The molecule has 0 saturated heterocycles. The number of carbonyl (C=O) groups excluding carboxylic acids is 1. The van der Waals surface area contributed by atoms with Crippen LogP contribution >= 0.6 is 11.6 Å². The second-order valence-corrected chi connectivity index (χ2v) is 7.88. The van der Waals surface area contributed by atoms with Crippen LogP contribution in [-0.2, 0) is 24.5 Å². The van der Waals surface area contributed by atoms with Crippen molar-refractivity contribution < 1.29 is 9.53 Å². The van der Waals surface area contributed by atoms with Crippen molar-refractivity contribution in [1.82, 2.24) is 14.9 Å². The molecule has 0 aliphatic rings. The van der Waals surface area contributed by atoms with Crippen LogP contribution in [0.15, 0.2) is 96.1 Å².